The van der Waals surface area contributed by atoms with E-state index in [0.29, 0.717) is 30.8 Å². The highest BCUT2D eigenvalue weighted by Gasteiger charge is 2.17. The van der Waals surface area contributed by atoms with Crippen molar-refractivity contribution in [1.29, 1.82) is 5.26 Å². The third kappa shape index (κ3) is 5.17. The van der Waals surface area contributed by atoms with Gasteiger partial charge in [0.15, 0.2) is 6.61 Å². The van der Waals surface area contributed by atoms with Crippen molar-refractivity contribution in [3.63, 3.8) is 0 Å². The first-order valence-corrected chi connectivity index (χ1v) is 8.58. The van der Waals surface area contributed by atoms with Crippen molar-refractivity contribution in [3.05, 3.63) is 32.7 Å². The Kier molecular flexibility index (Phi) is 6.92. The van der Waals surface area contributed by atoms with Crippen molar-refractivity contribution < 1.29 is 19.1 Å². The Hall–Kier alpha value is -2.66. The minimum Gasteiger partial charge on any atom is -0.456 e. The highest BCUT2D eigenvalue weighted by atomic mass is 16.5. The van der Waals surface area contributed by atoms with Crippen molar-refractivity contribution in [2.24, 2.45) is 0 Å². The van der Waals surface area contributed by atoms with Crippen molar-refractivity contribution in [1.82, 2.24) is 10.3 Å². The Morgan fingerprint density at radius 3 is 2.85 bits per heavy atom. The largest absolute Gasteiger partial charge is 0.456 e. The molecule has 8 nitrogen and oxygen atoms in total. The van der Waals surface area contributed by atoms with Crippen molar-refractivity contribution in [2.75, 3.05) is 19.8 Å². The summed E-state index contributed by atoms with van der Waals surface area (Å²) in [6.07, 6.45) is 2.32. The molecule has 1 aromatic heterocycles. The number of carbonyl (C=O) groups excluding carboxylic acids is 2. The van der Waals surface area contributed by atoms with E-state index in [1.807, 2.05) is 6.07 Å². The number of rotatable bonds is 7. The van der Waals surface area contributed by atoms with Crippen LogP contribution < -0.4 is 10.9 Å². The van der Waals surface area contributed by atoms with Gasteiger partial charge in [-0.1, -0.05) is 0 Å². The summed E-state index contributed by atoms with van der Waals surface area (Å²) in [5.74, 6) is -0.877. The minimum atomic E-state index is -0.513. The van der Waals surface area contributed by atoms with Gasteiger partial charge < -0.3 is 19.8 Å². The maximum absolute atomic E-state index is 11.9. The van der Waals surface area contributed by atoms with Gasteiger partial charge in [0.25, 0.3) is 11.5 Å². The number of aromatic nitrogens is 1. The van der Waals surface area contributed by atoms with Crippen LogP contribution >= 0.6 is 0 Å². The lowest BCUT2D eigenvalue weighted by Crippen LogP contribution is -2.34. The molecular formula is C18H23N3O5. The van der Waals surface area contributed by atoms with E-state index in [2.05, 4.69) is 10.3 Å². The smallest absolute Gasteiger partial charge is 0.306 e. The molecule has 140 valence electrons. The molecule has 2 N–H and O–H groups in total. The maximum Gasteiger partial charge on any atom is 0.306 e. The van der Waals surface area contributed by atoms with E-state index in [4.69, 9.17) is 14.7 Å². The van der Waals surface area contributed by atoms with Gasteiger partial charge in [0.2, 0.25) is 0 Å². The number of nitrogens with one attached hydrogen (secondary N) is 2. The Bertz CT molecular complexity index is 772. The molecule has 1 atom stereocenters. The van der Waals surface area contributed by atoms with Crippen LogP contribution in [-0.4, -0.2) is 42.7 Å². The molecule has 0 aromatic carbocycles. The van der Waals surface area contributed by atoms with Crippen LogP contribution in [0.1, 0.15) is 41.6 Å². The summed E-state index contributed by atoms with van der Waals surface area (Å²) in [4.78, 5) is 37.9. The van der Waals surface area contributed by atoms with E-state index in [0.717, 1.165) is 18.4 Å². The molecule has 0 unspecified atom stereocenters. The number of hydrogen-bond acceptors (Lipinski definition) is 6. The highest BCUT2D eigenvalue weighted by molar-refractivity contribution is 5.80. The second-order valence-corrected chi connectivity index (χ2v) is 6.27. The third-order valence-electron chi connectivity index (χ3n) is 4.41. The molecule has 26 heavy (non-hydrogen) atoms. The number of H-pyrrole nitrogens is 1. The molecule has 1 amide bonds. The number of esters is 1. The molecule has 0 saturated carbocycles. The number of aryl methyl sites for hydroxylation is 1. The number of pyridine rings is 1. The lowest BCUT2D eigenvalue weighted by molar-refractivity contribution is -0.148. The average molecular weight is 361 g/mol. The normalized spacial score (nSPS) is 16.1. The summed E-state index contributed by atoms with van der Waals surface area (Å²) in [5.41, 5.74) is 1.54. The fourth-order valence-electron chi connectivity index (χ4n) is 2.95. The molecule has 1 aliphatic rings. The number of nitriles is 1. The number of aromatic amines is 1. The van der Waals surface area contributed by atoms with Crippen LogP contribution in [0.2, 0.25) is 0 Å². The Morgan fingerprint density at radius 1 is 1.42 bits per heavy atom. The van der Waals surface area contributed by atoms with E-state index in [1.54, 1.807) is 13.8 Å². The summed E-state index contributed by atoms with van der Waals surface area (Å²) in [7, 11) is 0. The van der Waals surface area contributed by atoms with Gasteiger partial charge in [-0.3, -0.25) is 14.4 Å². The Morgan fingerprint density at radius 2 is 2.19 bits per heavy atom. The van der Waals surface area contributed by atoms with Crippen LogP contribution in [-0.2, 0) is 25.5 Å². The summed E-state index contributed by atoms with van der Waals surface area (Å²) in [6.45, 7) is 4.20. The van der Waals surface area contributed by atoms with Gasteiger partial charge in [0, 0.05) is 25.3 Å². The van der Waals surface area contributed by atoms with Crippen molar-refractivity contribution >= 4 is 11.9 Å². The first-order chi connectivity index (χ1) is 12.4. The van der Waals surface area contributed by atoms with Crippen LogP contribution in [0.5, 0.6) is 0 Å². The molecule has 2 heterocycles. The van der Waals surface area contributed by atoms with Gasteiger partial charge in [-0.05, 0) is 44.2 Å². The Labute approximate surface area is 151 Å². The predicted molar refractivity (Wildman–Crippen MR) is 92.5 cm³/mol. The van der Waals surface area contributed by atoms with Crippen molar-refractivity contribution in [2.45, 2.75) is 45.6 Å². The van der Waals surface area contributed by atoms with Gasteiger partial charge in [0.05, 0.1) is 6.10 Å². The molecule has 2 rings (SSSR count). The molecule has 0 radical (unpaired) electrons. The molecule has 1 aromatic rings. The van der Waals surface area contributed by atoms with E-state index >= 15 is 0 Å². The number of hydrogen-bond donors (Lipinski definition) is 2. The molecule has 8 heteroatoms. The summed E-state index contributed by atoms with van der Waals surface area (Å²) >= 11 is 0. The van der Waals surface area contributed by atoms with Gasteiger partial charge in [-0.25, -0.2) is 0 Å². The molecule has 1 saturated heterocycles. The fraction of sp³-hybridized carbons (Fsp3) is 0.556. The SMILES string of the molecule is Cc1[nH]c(=O)c(C#N)c(C)c1CCC(=O)OCC(=O)NC[C@@H]1CCCO1. The average Bonchev–Trinajstić information content (AvgIpc) is 3.11. The number of amides is 1. The van der Waals surface area contributed by atoms with E-state index in [-0.39, 0.29) is 30.6 Å². The second-order valence-electron chi connectivity index (χ2n) is 6.27. The van der Waals surface area contributed by atoms with E-state index in [9.17, 15) is 14.4 Å². The molecule has 0 aliphatic carbocycles. The number of ether oxygens (including phenoxy) is 2. The molecular weight excluding hydrogens is 338 g/mol. The van der Waals surface area contributed by atoms with Crippen molar-refractivity contribution in [3.8, 4) is 6.07 Å². The first-order valence-electron chi connectivity index (χ1n) is 8.58. The third-order valence-corrected chi connectivity index (χ3v) is 4.41. The Balaban J connectivity index is 1.79. The molecule has 0 spiro atoms. The quantitative estimate of drug-likeness (QED) is 0.687. The van der Waals surface area contributed by atoms with Gasteiger partial charge in [-0.15, -0.1) is 0 Å². The summed E-state index contributed by atoms with van der Waals surface area (Å²) in [5, 5.41) is 11.7. The first kappa shape index (κ1) is 19.7. The maximum atomic E-state index is 11.9. The second kappa shape index (κ2) is 9.15. The highest BCUT2D eigenvalue weighted by Crippen LogP contribution is 2.15. The van der Waals surface area contributed by atoms with Crippen LogP contribution in [0.15, 0.2) is 4.79 Å². The predicted octanol–water partition coefficient (Wildman–Crippen LogP) is 0.634. The lowest BCUT2D eigenvalue weighted by atomic mass is 9.99. The van der Waals surface area contributed by atoms with Crippen LogP contribution in [0, 0.1) is 25.2 Å². The monoisotopic (exact) mass is 361 g/mol. The topological polar surface area (TPSA) is 121 Å². The molecule has 1 fully saturated rings. The molecule has 1 aliphatic heterocycles. The summed E-state index contributed by atoms with van der Waals surface area (Å²) in [6, 6.07) is 1.87. The minimum absolute atomic E-state index is 0.0372. The zero-order chi connectivity index (χ0) is 19.1. The van der Waals surface area contributed by atoms with Gasteiger partial charge in [0.1, 0.15) is 11.6 Å². The number of carbonyl (C=O) groups is 2. The van der Waals surface area contributed by atoms with Gasteiger partial charge in [-0.2, -0.15) is 5.26 Å². The molecule has 0 bridgehead atoms. The van der Waals surface area contributed by atoms with E-state index in [1.165, 1.54) is 0 Å². The zero-order valence-corrected chi connectivity index (χ0v) is 15.0. The standard InChI is InChI=1S/C18H23N3O5/c1-11-14(12(2)21-18(24)15(11)8-19)5-6-17(23)26-10-16(22)20-9-13-4-3-7-25-13/h13H,3-7,9-10H2,1-2H3,(H,20,22)(H,21,24)/t13-/m0/s1. The lowest BCUT2D eigenvalue weighted by Gasteiger charge is -2.12. The van der Waals surface area contributed by atoms with Gasteiger partial charge >= 0.3 is 5.97 Å². The van der Waals surface area contributed by atoms with Crippen LogP contribution in [0.4, 0.5) is 0 Å². The fourth-order valence-corrected chi connectivity index (χ4v) is 2.95. The van der Waals surface area contributed by atoms with Crippen LogP contribution in [0.25, 0.3) is 0 Å². The van der Waals surface area contributed by atoms with Crippen LogP contribution in [0.3, 0.4) is 0 Å². The van der Waals surface area contributed by atoms with E-state index < -0.39 is 11.5 Å². The number of nitrogens with zero attached hydrogens (tertiary/aromatic N) is 1. The summed E-state index contributed by atoms with van der Waals surface area (Å²) < 4.78 is 10.4. The zero-order valence-electron chi connectivity index (χ0n) is 15.0.